The van der Waals surface area contributed by atoms with Crippen LogP contribution < -0.4 is 16.0 Å². The molecule has 1 aliphatic carbocycles. The van der Waals surface area contributed by atoms with Gasteiger partial charge in [0.1, 0.15) is 0 Å². The fourth-order valence-corrected chi connectivity index (χ4v) is 5.59. The molecule has 0 spiro atoms. The van der Waals surface area contributed by atoms with Crippen LogP contribution in [0.4, 0.5) is 9.59 Å². The molecule has 36 heavy (non-hydrogen) atoms. The lowest BCUT2D eigenvalue weighted by molar-refractivity contribution is -0.00920. The predicted octanol–water partition coefficient (Wildman–Crippen LogP) is 3.31. The van der Waals surface area contributed by atoms with Crippen molar-refractivity contribution in [2.75, 3.05) is 46.9 Å². The number of likely N-dealkylation sites (N-methyl/N-ethyl adjacent to an activating group) is 1. The quantitative estimate of drug-likeness (QED) is 0.330. The molecular formula is C26H41ClN4O5. The van der Waals surface area contributed by atoms with E-state index in [4.69, 9.17) is 16.3 Å². The molecule has 1 saturated heterocycles. The Labute approximate surface area is 219 Å². The van der Waals surface area contributed by atoms with Crippen molar-refractivity contribution >= 4 is 23.7 Å². The highest BCUT2D eigenvalue weighted by Crippen LogP contribution is 2.34. The van der Waals surface area contributed by atoms with Crippen molar-refractivity contribution in [2.45, 2.75) is 56.8 Å². The molecular weight excluding hydrogens is 484 g/mol. The molecule has 1 aromatic carbocycles. The summed E-state index contributed by atoms with van der Waals surface area (Å²) in [7, 11) is 3.15. The van der Waals surface area contributed by atoms with E-state index in [-0.39, 0.29) is 30.0 Å². The standard InChI is InChI=1S/C26H41ClN4O5/c1-28-16-22(23(32)18-7-3-4-8-18)30-25(33)31-13-6-10-20(17-31)24(19-9-5-11-21(27)15-19)36-14-12-29-26(34)35-2/h5,9,11,15,18,20,22-24,28,32H,3-4,6-8,10,12-14,16-17H2,1-2H3,(H,29,34)(H,30,33)/t20-,22-,23-,24?/m1/s1. The van der Waals surface area contributed by atoms with Gasteiger partial charge in [-0.3, -0.25) is 0 Å². The number of nitrogens with one attached hydrogen (secondary N) is 3. The normalized spacial score (nSPS) is 21.0. The van der Waals surface area contributed by atoms with E-state index in [1.807, 2.05) is 36.2 Å². The summed E-state index contributed by atoms with van der Waals surface area (Å²) in [5, 5.41) is 20.4. The highest BCUT2D eigenvalue weighted by atomic mass is 35.5. The first-order valence-corrected chi connectivity index (χ1v) is 13.4. The van der Waals surface area contributed by atoms with Crippen molar-refractivity contribution < 1.29 is 24.2 Å². The fraction of sp³-hybridized carbons (Fsp3) is 0.692. The second-order valence-electron chi connectivity index (χ2n) is 9.76. The fourth-order valence-electron chi connectivity index (χ4n) is 5.40. The number of ether oxygens (including phenoxy) is 2. The number of hydrogen-bond acceptors (Lipinski definition) is 6. The Morgan fingerprint density at radius 1 is 1.19 bits per heavy atom. The molecule has 0 aromatic heterocycles. The summed E-state index contributed by atoms with van der Waals surface area (Å²) in [6.45, 7) is 2.31. The summed E-state index contributed by atoms with van der Waals surface area (Å²) in [6, 6.07) is 7.08. The number of aliphatic hydroxyl groups excluding tert-OH is 1. The monoisotopic (exact) mass is 524 g/mol. The molecule has 1 saturated carbocycles. The first kappa shape index (κ1) is 28.5. The highest BCUT2D eigenvalue weighted by molar-refractivity contribution is 6.30. The molecule has 1 heterocycles. The molecule has 0 radical (unpaired) electrons. The van der Waals surface area contributed by atoms with E-state index in [0.29, 0.717) is 37.8 Å². The van der Waals surface area contributed by atoms with Gasteiger partial charge in [0.25, 0.3) is 0 Å². The van der Waals surface area contributed by atoms with Crippen molar-refractivity contribution in [3.63, 3.8) is 0 Å². The molecule has 4 atom stereocenters. The van der Waals surface area contributed by atoms with Gasteiger partial charge in [-0.25, -0.2) is 9.59 Å². The van der Waals surface area contributed by atoms with Crippen molar-refractivity contribution in [2.24, 2.45) is 11.8 Å². The molecule has 1 aliphatic heterocycles. The zero-order chi connectivity index (χ0) is 25.9. The van der Waals surface area contributed by atoms with Gasteiger partial charge in [0.15, 0.2) is 0 Å². The molecule has 1 unspecified atom stereocenters. The van der Waals surface area contributed by atoms with Crippen LogP contribution in [0.25, 0.3) is 0 Å². The average Bonchev–Trinajstić information content (AvgIpc) is 3.43. The van der Waals surface area contributed by atoms with Crippen molar-refractivity contribution in [3.8, 4) is 0 Å². The maximum atomic E-state index is 13.3. The number of hydrogen-bond donors (Lipinski definition) is 4. The number of likely N-dealkylation sites (tertiary alicyclic amines) is 1. The lowest BCUT2D eigenvalue weighted by Gasteiger charge is -2.38. The minimum absolute atomic E-state index is 0.0589. The number of aliphatic hydroxyl groups is 1. The third-order valence-electron chi connectivity index (χ3n) is 7.23. The van der Waals surface area contributed by atoms with Crippen LogP contribution in [-0.4, -0.2) is 81.2 Å². The third-order valence-corrected chi connectivity index (χ3v) is 7.47. The van der Waals surface area contributed by atoms with Crippen molar-refractivity contribution in [3.05, 3.63) is 34.9 Å². The average molecular weight is 525 g/mol. The Bertz CT molecular complexity index is 838. The van der Waals surface area contributed by atoms with Crippen LogP contribution >= 0.6 is 11.6 Å². The van der Waals surface area contributed by atoms with Gasteiger partial charge in [-0.15, -0.1) is 0 Å². The number of nitrogens with zero attached hydrogens (tertiary/aromatic N) is 1. The van der Waals surface area contributed by atoms with Crippen LogP contribution in [0.15, 0.2) is 24.3 Å². The minimum Gasteiger partial charge on any atom is -0.453 e. The van der Waals surface area contributed by atoms with Crippen molar-refractivity contribution in [1.82, 2.24) is 20.9 Å². The van der Waals surface area contributed by atoms with Crippen LogP contribution in [0.1, 0.15) is 50.2 Å². The molecule has 3 rings (SSSR count). The van der Waals surface area contributed by atoms with E-state index in [1.54, 1.807) is 0 Å². The lowest BCUT2D eigenvalue weighted by Crippen LogP contribution is -2.56. The molecule has 9 nitrogen and oxygen atoms in total. The minimum atomic E-state index is -0.561. The number of alkyl carbamates (subject to hydrolysis) is 1. The molecule has 3 amide bonds. The largest absolute Gasteiger partial charge is 0.453 e. The van der Waals surface area contributed by atoms with Crippen LogP contribution in [0.3, 0.4) is 0 Å². The lowest BCUT2D eigenvalue weighted by atomic mass is 9.88. The Hall–Kier alpha value is -2.07. The molecule has 10 heteroatoms. The molecule has 2 fully saturated rings. The Morgan fingerprint density at radius 3 is 2.64 bits per heavy atom. The second-order valence-corrected chi connectivity index (χ2v) is 10.2. The summed E-state index contributed by atoms with van der Waals surface area (Å²) in [6.07, 6.45) is 4.68. The maximum Gasteiger partial charge on any atom is 0.406 e. The van der Waals surface area contributed by atoms with E-state index in [1.165, 1.54) is 7.11 Å². The van der Waals surface area contributed by atoms with E-state index < -0.39 is 12.2 Å². The number of benzene rings is 1. The molecule has 1 aromatic rings. The zero-order valence-electron chi connectivity index (χ0n) is 21.4. The Balaban J connectivity index is 1.65. The summed E-state index contributed by atoms with van der Waals surface area (Å²) in [5.74, 6) is 0.292. The first-order chi connectivity index (χ1) is 17.4. The third kappa shape index (κ3) is 8.23. The van der Waals surface area contributed by atoms with Crippen LogP contribution in [0, 0.1) is 11.8 Å². The van der Waals surface area contributed by atoms with Gasteiger partial charge in [-0.05, 0) is 56.3 Å². The Morgan fingerprint density at radius 2 is 1.94 bits per heavy atom. The topological polar surface area (TPSA) is 112 Å². The number of urea groups is 1. The number of piperidine rings is 1. The van der Waals surface area contributed by atoms with E-state index >= 15 is 0 Å². The molecule has 202 valence electrons. The number of methoxy groups -OCH3 is 1. The van der Waals surface area contributed by atoms with E-state index in [9.17, 15) is 14.7 Å². The number of amides is 3. The van der Waals surface area contributed by atoms with Gasteiger partial charge in [0.05, 0.1) is 32.0 Å². The van der Waals surface area contributed by atoms with Gasteiger partial charge in [0, 0.05) is 37.1 Å². The maximum absolute atomic E-state index is 13.3. The SMILES string of the molecule is CNC[C@@H](NC(=O)N1CCC[C@@H](C(OCCNC(=O)OC)c2cccc(Cl)c2)C1)[C@H](O)C1CCCC1. The molecule has 2 aliphatic rings. The summed E-state index contributed by atoms with van der Waals surface area (Å²) < 4.78 is 10.8. The first-order valence-electron chi connectivity index (χ1n) is 13.0. The van der Waals surface area contributed by atoms with Crippen LogP contribution in [0.2, 0.25) is 5.02 Å². The number of carbonyl (C=O) groups excluding carboxylic acids is 2. The van der Waals surface area contributed by atoms with Gasteiger partial charge in [-0.2, -0.15) is 0 Å². The van der Waals surface area contributed by atoms with Gasteiger partial charge in [0.2, 0.25) is 0 Å². The number of halogens is 1. The van der Waals surface area contributed by atoms with Crippen molar-refractivity contribution in [1.29, 1.82) is 0 Å². The molecule has 0 bridgehead atoms. The second kappa shape index (κ2) is 14.6. The zero-order valence-corrected chi connectivity index (χ0v) is 22.1. The summed E-state index contributed by atoms with van der Waals surface area (Å²) in [4.78, 5) is 26.5. The Kier molecular flexibility index (Phi) is 11.6. The predicted molar refractivity (Wildman–Crippen MR) is 139 cm³/mol. The smallest absolute Gasteiger partial charge is 0.406 e. The summed E-state index contributed by atoms with van der Waals surface area (Å²) >= 11 is 6.27. The van der Waals surface area contributed by atoms with Crippen LogP contribution in [0.5, 0.6) is 0 Å². The number of carbonyl (C=O) groups is 2. The molecule has 4 N–H and O–H groups in total. The highest BCUT2D eigenvalue weighted by Gasteiger charge is 2.34. The summed E-state index contributed by atoms with van der Waals surface area (Å²) in [5.41, 5.74) is 0.942. The van der Waals surface area contributed by atoms with E-state index in [0.717, 1.165) is 44.1 Å². The van der Waals surface area contributed by atoms with Gasteiger partial charge >= 0.3 is 12.1 Å². The number of rotatable bonds is 11. The van der Waals surface area contributed by atoms with Crippen LogP contribution in [-0.2, 0) is 9.47 Å². The van der Waals surface area contributed by atoms with E-state index in [2.05, 4.69) is 20.7 Å². The van der Waals surface area contributed by atoms with Gasteiger partial charge in [-0.1, -0.05) is 36.6 Å². The van der Waals surface area contributed by atoms with Gasteiger partial charge < -0.3 is 35.4 Å².